The summed E-state index contributed by atoms with van der Waals surface area (Å²) in [6.45, 7) is 3.62. The molecule has 0 atom stereocenters. The van der Waals surface area contributed by atoms with Crippen LogP contribution in [0, 0.1) is 13.8 Å². The molecule has 0 bridgehead atoms. The van der Waals surface area contributed by atoms with Crippen LogP contribution in [0.15, 0.2) is 181 Å². The number of hydrogen-bond acceptors (Lipinski definition) is 11. The van der Waals surface area contributed by atoms with Crippen molar-refractivity contribution in [1.82, 2.24) is 0 Å². The van der Waals surface area contributed by atoms with Gasteiger partial charge in [-0.05, 0) is 110 Å². The van der Waals surface area contributed by atoms with E-state index >= 15 is 0 Å². The molecule has 0 unspecified atom stereocenters. The van der Waals surface area contributed by atoms with Gasteiger partial charge in [0.2, 0.25) is 0 Å². The number of hydrogen-bond donors (Lipinski definition) is 5. The highest BCUT2D eigenvalue weighted by Crippen LogP contribution is 2.44. The van der Waals surface area contributed by atoms with Gasteiger partial charge in [-0.25, -0.2) is 21.8 Å². The molecule has 0 spiro atoms. The van der Waals surface area contributed by atoms with Gasteiger partial charge in [0.25, 0.3) is 40.3 Å². The molecule has 0 saturated heterocycles. The van der Waals surface area contributed by atoms with E-state index in [0.717, 1.165) is 17.7 Å². The molecule has 19 heteroatoms. The van der Waals surface area contributed by atoms with Crippen LogP contribution in [0.1, 0.15) is 11.1 Å². The van der Waals surface area contributed by atoms with Gasteiger partial charge in [0.05, 0.1) is 37.1 Å². The smallest absolute Gasteiger partial charge is 0.295 e. The SMILES string of the molecule is Cc1ccc(NS(=O)(=O)c2ccccc2)cc1N=c1ccc2c(-c3ccc(S(=O)(=O)O)cc3S(=O)(=O)O)c3ccc(Nc4cc(NS(=O)(=O)c5ccccc5)ccc4C)cc3oc-2c1. The molecule has 64 heavy (non-hydrogen) atoms. The second-order valence-corrected chi connectivity index (χ2v) is 20.8. The Morgan fingerprint density at radius 3 is 1.70 bits per heavy atom. The Kier molecular flexibility index (Phi) is 11.4. The number of fused-ring (bicyclic) bond motifs is 2. The fourth-order valence-corrected chi connectivity index (χ4v) is 10.4. The summed E-state index contributed by atoms with van der Waals surface area (Å²) in [6.07, 6.45) is 0. The molecule has 0 radical (unpaired) electrons. The predicted molar refractivity (Wildman–Crippen MR) is 243 cm³/mol. The van der Waals surface area contributed by atoms with Crippen LogP contribution < -0.4 is 20.1 Å². The van der Waals surface area contributed by atoms with Gasteiger partial charge >= 0.3 is 0 Å². The molecule has 1 heterocycles. The van der Waals surface area contributed by atoms with Crippen molar-refractivity contribution in [1.29, 1.82) is 0 Å². The maximum Gasteiger partial charge on any atom is 0.295 e. The van der Waals surface area contributed by atoms with E-state index in [1.54, 1.807) is 116 Å². The maximum absolute atomic E-state index is 13.1. The van der Waals surface area contributed by atoms with Crippen molar-refractivity contribution in [3.05, 3.63) is 168 Å². The van der Waals surface area contributed by atoms with E-state index in [4.69, 9.17) is 9.41 Å². The Bertz CT molecular complexity index is 3640. The van der Waals surface area contributed by atoms with Crippen LogP contribution in [0.25, 0.3) is 33.4 Å². The Labute approximate surface area is 368 Å². The summed E-state index contributed by atoms with van der Waals surface area (Å²) in [5.41, 5.74) is 4.04. The van der Waals surface area contributed by atoms with E-state index in [9.17, 15) is 42.8 Å². The van der Waals surface area contributed by atoms with Crippen LogP contribution in [0.4, 0.5) is 28.4 Å². The first-order valence-corrected chi connectivity index (χ1v) is 24.9. The Morgan fingerprint density at radius 2 is 1.09 bits per heavy atom. The third-order valence-electron chi connectivity index (χ3n) is 10.1. The number of anilines is 4. The van der Waals surface area contributed by atoms with Gasteiger partial charge in [0.1, 0.15) is 16.2 Å². The van der Waals surface area contributed by atoms with Crippen molar-refractivity contribution in [2.45, 2.75) is 33.4 Å². The first-order chi connectivity index (χ1) is 30.2. The summed E-state index contributed by atoms with van der Waals surface area (Å²) in [4.78, 5) is 3.37. The number of sulfonamides is 2. The van der Waals surface area contributed by atoms with E-state index in [0.29, 0.717) is 45.0 Å². The second-order valence-electron chi connectivity index (χ2n) is 14.6. The van der Waals surface area contributed by atoms with Gasteiger partial charge in [-0.1, -0.05) is 54.6 Å². The number of aryl methyl sites for hydroxylation is 2. The summed E-state index contributed by atoms with van der Waals surface area (Å²) in [7, 11) is -17.8. The number of nitrogens with zero attached hydrogens (tertiary/aromatic N) is 1. The number of rotatable bonds is 12. The summed E-state index contributed by atoms with van der Waals surface area (Å²) in [5.74, 6) is 0.174. The Balaban J connectivity index is 1.26. The lowest BCUT2D eigenvalue weighted by molar-refractivity contribution is 0.481. The lowest BCUT2D eigenvalue weighted by Gasteiger charge is -2.19. The summed E-state index contributed by atoms with van der Waals surface area (Å²) in [6, 6.07) is 38.1. The van der Waals surface area contributed by atoms with Crippen LogP contribution in [-0.2, 0) is 40.3 Å². The fraction of sp³-hybridized carbons (Fsp3) is 0.0444. The van der Waals surface area contributed by atoms with Crippen molar-refractivity contribution in [3.63, 3.8) is 0 Å². The molecule has 2 aliphatic rings. The zero-order valence-corrected chi connectivity index (χ0v) is 36.8. The molecular formula is C45H36N4O11S4. The van der Waals surface area contributed by atoms with Crippen molar-refractivity contribution < 1.29 is 47.2 Å². The average Bonchev–Trinajstić information content (AvgIpc) is 3.24. The average molecular weight is 937 g/mol. The van der Waals surface area contributed by atoms with Crippen LogP contribution >= 0.6 is 0 Å². The van der Waals surface area contributed by atoms with Crippen LogP contribution in [0.2, 0.25) is 0 Å². The molecule has 0 aromatic heterocycles. The topological polar surface area (TPSA) is 239 Å². The number of nitrogens with one attached hydrogen (secondary N) is 3. The highest BCUT2D eigenvalue weighted by atomic mass is 32.2. The second kappa shape index (κ2) is 16.7. The summed E-state index contributed by atoms with van der Waals surface area (Å²) < 4.78 is 134. The lowest BCUT2D eigenvalue weighted by atomic mass is 9.93. The zero-order valence-electron chi connectivity index (χ0n) is 33.6. The van der Waals surface area contributed by atoms with Crippen molar-refractivity contribution in [2.75, 3.05) is 14.8 Å². The Hall–Kier alpha value is -6.87. The molecule has 15 nitrogen and oxygen atoms in total. The molecular weight excluding hydrogens is 901 g/mol. The Morgan fingerprint density at radius 1 is 0.516 bits per heavy atom. The van der Waals surface area contributed by atoms with Crippen molar-refractivity contribution in [2.24, 2.45) is 4.99 Å². The molecule has 0 amide bonds. The molecule has 8 rings (SSSR count). The van der Waals surface area contributed by atoms with Gasteiger partial charge in [-0.3, -0.25) is 18.5 Å². The van der Waals surface area contributed by atoms with E-state index in [1.807, 2.05) is 6.92 Å². The van der Waals surface area contributed by atoms with Crippen molar-refractivity contribution >= 4 is 79.7 Å². The molecule has 1 aliphatic heterocycles. The molecule has 5 N–H and O–H groups in total. The lowest BCUT2D eigenvalue weighted by Crippen LogP contribution is -2.13. The monoisotopic (exact) mass is 936 g/mol. The third-order valence-corrected chi connectivity index (χ3v) is 14.6. The van der Waals surface area contributed by atoms with E-state index in [1.165, 1.54) is 24.3 Å². The first-order valence-electron chi connectivity index (χ1n) is 19.0. The minimum atomic E-state index is -5.11. The minimum absolute atomic E-state index is 0.0753. The molecule has 0 saturated carbocycles. The summed E-state index contributed by atoms with van der Waals surface area (Å²) in [5, 5.41) is 3.97. The quantitative estimate of drug-likeness (QED) is 0.0570. The van der Waals surface area contributed by atoms with Crippen molar-refractivity contribution in [3.8, 4) is 22.5 Å². The van der Waals surface area contributed by atoms with Gasteiger partial charge in [-0.15, -0.1) is 0 Å². The normalized spacial score (nSPS) is 12.7. The van der Waals surface area contributed by atoms with Crippen LogP contribution in [0.3, 0.4) is 0 Å². The molecule has 6 aromatic rings. The fourth-order valence-electron chi connectivity index (χ4n) is 6.93. The van der Waals surface area contributed by atoms with Gasteiger partial charge < -0.3 is 9.73 Å². The van der Waals surface area contributed by atoms with Gasteiger partial charge in [0, 0.05) is 45.6 Å². The predicted octanol–water partition coefficient (Wildman–Crippen LogP) is 8.89. The highest BCUT2D eigenvalue weighted by Gasteiger charge is 2.26. The molecule has 0 fully saturated rings. The number of benzene rings is 7. The first kappa shape index (κ1) is 43.8. The van der Waals surface area contributed by atoms with Crippen LogP contribution in [-0.4, -0.2) is 42.8 Å². The van der Waals surface area contributed by atoms with E-state index < -0.39 is 50.1 Å². The largest absolute Gasteiger partial charge is 0.456 e. The van der Waals surface area contributed by atoms with Gasteiger partial charge in [0.15, 0.2) is 0 Å². The highest BCUT2D eigenvalue weighted by molar-refractivity contribution is 7.93. The van der Waals surface area contributed by atoms with E-state index in [2.05, 4.69) is 14.8 Å². The van der Waals surface area contributed by atoms with E-state index in [-0.39, 0.29) is 43.6 Å². The maximum atomic E-state index is 13.1. The standard InChI is InChI=1S/C45H36N4O11S4/c1-28-13-15-32(48-61(50,51)34-9-5-3-6-10-34)23-40(28)46-30-17-20-37-42(25-30)60-43-26-31(47-41-24-33(16-14-29(41)2)49-62(52,53)35-11-7-4-8-12-35)18-21-38(43)45(37)39-22-19-36(63(54,55)56)27-44(39)64(57,58)59/h3-27,46,48-49H,1-2H3,(H,54,55,56)(H,57,58,59). The van der Waals surface area contributed by atoms with Gasteiger partial charge in [-0.2, -0.15) is 16.8 Å². The van der Waals surface area contributed by atoms with Crippen LogP contribution in [0.5, 0.6) is 0 Å². The minimum Gasteiger partial charge on any atom is -0.456 e. The molecule has 1 aliphatic carbocycles. The molecule has 326 valence electrons. The molecule has 6 aromatic carbocycles. The summed E-state index contributed by atoms with van der Waals surface area (Å²) >= 11 is 0. The zero-order chi connectivity index (χ0) is 45.6. The third kappa shape index (κ3) is 9.25.